The minimum Gasteiger partial charge on any atom is -0.484 e. The van der Waals surface area contributed by atoms with Crippen molar-refractivity contribution in [1.29, 1.82) is 0 Å². The van der Waals surface area contributed by atoms with Gasteiger partial charge in [-0.15, -0.1) is 0 Å². The number of methoxy groups -OCH3 is 2. The van der Waals surface area contributed by atoms with Crippen molar-refractivity contribution in [2.45, 2.75) is 6.18 Å². The predicted molar refractivity (Wildman–Crippen MR) is 89.8 cm³/mol. The molecule has 0 bridgehead atoms. The lowest BCUT2D eigenvalue weighted by molar-refractivity contribution is -0.153. The molecule has 0 aliphatic carbocycles. The summed E-state index contributed by atoms with van der Waals surface area (Å²) in [5.41, 5.74) is 0.265. The first kappa shape index (κ1) is 20.1. The average molecular weight is 383 g/mol. The number of ether oxygens (including phenoxy) is 3. The van der Waals surface area contributed by atoms with Gasteiger partial charge in [0.2, 0.25) is 0 Å². The maximum atomic E-state index is 12.3. The largest absolute Gasteiger partial charge is 0.484 e. The number of carbonyl (C=O) groups is 2. The Kier molecular flexibility index (Phi) is 6.27. The first-order valence-corrected chi connectivity index (χ1v) is 7.61. The van der Waals surface area contributed by atoms with Gasteiger partial charge in [-0.25, -0.2) is 9.59 Å². The van der Waals surface area contributed by atoms with Gasteiger partial charge in [-0.1, -0.05) is 6.08 Å². The minimum absolute atomic E-state index is 0.00444. The van der Waals surface area contributed by atoms with Crippen LogP contribution < -0.4 is 9.64 Å². The standard InChI is InChI=1S/C18H16F3NO5/c1-25-16(23)14-5-3-4-10-22(15(14)17(24)26-2)12-6-8-13(9-7-12)27-11-18(19,20)21/h3-10H,11H2,1-2H3. The zero-order valence-corrected chi connectivity index (χ0v) is 14.4. The number of anilines is 1. The van der Waals surface area contributed by atoms with Gasteiger partial charge in [-0.3, -0.25) is 0 Å². The molecule has 6 nitrogen and oxygen atoms in total. The van der Waals surface area contributed by atoms with Crippen molar-refractivity contribution in [3.05, 3.63) is 60.0 Å². The van der Waals surface area contributed by atoms with Gasteiger partial charge in [0.15, 0.2) is 6.61 Å². The van der Waals surface area contributed by atoms with Crippen molar-refractivity contribution < 1.29 is 37.0 Å². The molecule has 0 saturated heterocycles. The number of rotatable bonds is 5. The number of alkyl halides is 3. The third-order valence-electron chi connectivity index (χ3n) is 3.41. The fourth-order valence-corrected chi connectivity index (χ4v) is 2.23. The van der Waals surface area contributed by atoms with Crippen LogP contribution in [-0.4, -0.2) is 38.9 Å². The van der Waals surface area contributed by atoms with Crippen LogP contribution in [0.2, 0.25) is 0 Å². The highest BCUT2D eigenvalue weighted by Gasteiger charge is 2.29. The number of benzene rings is 1. The summed E-state index contributed by atoms with van der Waals surface area (Å²) in [4.78, 5) is 25.7. The van der Waals surface area contributed by atoms with E-state index in [1.54, 1.807) is 6.08 Å². The molecule has 0 fully saturated rings. The van der Waals surface area contributed by atoms with Crippen LogP contribution in [0.4, 0.5) is 18.9 Å². The maximum absolute atomic E-state index is 12.3. The van der Waals surface area contributed by atoms with E-state index in [0.717, 1.165) is 7.11 Å². The molecular weight excluding hydrogens is 367 g/mol. The summed E-state index contributed by atoms with van der Waals surface area (Å²) in [6.07, 6.45) is 1.57. The van der Waals surface area contributed by atoms with Crippen LogP contribution >= 0.6 is 0 Å². The summed E-state index contributed by atoms with van der Waals surface area (Å²) < 4.78 is 50.8. The molecule has 1 aliphatic rings. The van der Waals surface area contributed by atoms with Crippen LogP contribution in [-0.2, 0) is 19.1 Å². The molecule has 27 heavy (non-hydrogen) atoms. The summed E-state index contributed by atoms with van der Waals surface area (Å²) >= 11 is 0. The number of halogens is 3. The van der Waals surface area contributed by atoms with Gasteiger partial charge in [0.25, 0.3) is 0 Å². The van der Waals surface area contributed by atoms with Gasteiger partial charge in [0, 0.05) is 11.9 Å². The minimum atomic E-state index is -4.45. The van der Waals surface area contributed by atoms with Crippen molar-refractivity contribution in [3.8, 4) is 5.75 Å². The van der Waals surface area contributed by atoms with Gasteiger partial charge in [0.05, 0.1) is 19.8 Å². The number of hydrogen-bond acceptors (Lipinski definition) is 6. The second-order valence-electron chi connectivity index (χ2n) is 5.21. The Morgan fingerprint density at radius 1 is 1.00 bits per heavy atom. The molecule has 0 radical (unpaired) electrons. The molecule has 0 aromatic heterocycles. The Bertz CT molecular complexity index is 794. The smallest absolute Gasteiger partial charge is 0.422 e. The van der Waals surface area contributed by atoms with Crippen molar-refractivity contribution in [1.82, 2.24) is 0 Å². The summed E-state index contributed by atoms with van der Waals surface area (Å²) in [5.74, 6) is -1.53. The Morgan fingerprint density at radius 3 is 2.19 bits per heavy atom. The molecule has 0 atom stereocenters. The molecule has 144 valence electrons. The second-order valence-corrected chi connectivity index (χ2v) is 5.21. The van der Waals surface area contributed by atoms with E-state index in [0.29, 0.717) is 5.69 Å². The predicted octanol–water partition coefficient (Wildman–Crippen LogP) is 3.12. The third-order valence-corrected chi connectivity index (χ3v) is 3.41. The van der Waals surface area contributed by atoms with Crippen LogP contribution in [0.5, 0.6) is 5.75 Å². The summed E-state index contributed by atoms with van der Waals surface area (Å²) in [6, 6.07) is 5.53. The molecule has 9 heteroatoms. The van der Waals surface area contributed by atoms with E-state index in [4.69, 9.17) is 9.47 Å². The normalized spacial score (nSPS) is 14.0. The fraction of sp³-hybridized carbons (Fsp3) is 0.222. The number of hydrogen-bond donors (Lipinski definition) is 0. The molecule has 0 spiro atoms. The lowest BCUT2D eigenvalue weighted by Crippen LogP contribution is -2.26. The molecule has 0 saturated carbocycles. The van der Waals surface area contributed by atoms with Gasteiger partial charge >= 0.3 is 18.1 Å². The van der Waals surface area contributed by atoms with Crippen LogP contribution in [0.25, 0.3) is 0 Å². The third kappa shape index (κ3) is 5.13. The van der Waals surface area contributed by atoms with Crippen molar-refractivity contribution in [2.24, 2.45) is 0 Å². The van der Waals surface area contributed by atoms with E-state index in [2.05, 4.69) is 4.74 Å². The highest BCUT2D eigenvalue weighted by atomic mass is 19.4. The van der Waals surface area contributed by atoms with E-state index < -0.39 is 24.7 Å². The summed E-state index contributed by atoms with van der Waals surface area (Å²) in [6.45, 7) is -1.42. The van der Waals surface area contributed by atoms with Crippen LogP contribution in [0.3, 0.4) is 0 Å². The SMILES string of the molecule is COC(=O)C1=C(C(=O)OC)N(c2ccc(OCC(F)(F)F)cc2)C=CC=C1. The maximum Gasteiger partial charge on any atom is 0.422 e. The topological polar surface area (TPSA) is 65.1 Å². The highest BCUT2D eigenvalue weighted by molar-refractivity contribution is 6.05. The van der Waals surface area contributed by atoms with Gasteiger partial charge in [-0.2, -0.15) is 13.2 Å². The molecule has 0 amide bonds. The van der Waals surface area contributed by atoms with Gasteiger partial charge < -0.3 is 19.1 Å². The molecule has 1 aliphatic heterocycles. The zero-order chi connectivity index (χ0) is 20.0. The quantitative estimate of drug-likeness (QED) is 0.728. The van der Waals surface area contributed by atoms with E-state index in [1.807, 2.05) is 0 Å². The number of esters is 2. The molecule has 1 aromatic rings. The number of nitrogens with zero attached hydrogens (tertiary/aromatic N) is 1. The average Bonchev–Trinajstić information content (AvgIpc) is 2.88. The summed E-state index contributed by atoms with van der Waals surface area (Å²) in [7, 11) is 2.34. The molecule has 1 heterocycles. The Balaban J connectivity index is 2.39. The Hall–Kier alpha value is -3.23. The van der Waals surface area contributed by atoms with Crippen LogP contribution in [0, 0.1) is 0 Å². The first-order chi connectivity index (χ1) is 12.8. The Morgan fingerprint density at radius 2 is 1.63 bits per heavy atom. The van der Waals surface area contributed by atoms with Gasteiger partial charge in [-0.05, 0) is 36.4 Å². The van der Waals surface area contributed by atoms with E-state index in [-0.39, 0.29) is 17.0 Å². The Labute approximate surface area is 153 Å². The molecular formula is C18H16F3NO5. The molecule has 2 rings (SSSR count). The number of carbonyl (C=O) groups excluding carboxylic acids is 2. The van der Waals surface area contributed by atoms with Crippen molar-refractivity contribution in [2.75, 3.05) is 25.7 Å². The second kappa shape index (κ2) is 8.43. The van der Waals surface area contributed by atoms with E-state index in [9.17, 15) is 22.8 Å². The zero-order valence-electron chi connectivity index (χ0n) is 14.4. The molecule has 0 unspecified atom stereocenters. The summed E-state index contributed by atoms with van der Waals surface area (Å²) in [5, 5.41) is 0. The lowest BCUT2D eigenvalue weighted by atomic mass is 10.1. The fourth-order valence-electron chi connectivity index (χ4n) is 2.23. The van der Waals surface area contributed by atoms with Gasteiger partial charge in [0.1, 0.15) is 11.4 Å². The highest BCUT2D eigenvalue weighted by Crippen LogP contribution is 2.28. The molecule has 1 aromatic carbocycles. The van der Waals surface area contributed by atoms with E-state index in [1.165, 1.54) is 54.6 Å². The van der Waals surface area contributed by atoms with Crippen molar-refractivity contribution >= 4 is 17.6 Å². The monoisotopic (exact) mass is 383 g/mol. The van der Waals surface area contributed by atoms with E-state index >= 15 is 0 Å². The van der Waals surface area contributed by atoms with Crippen LogP contribution in [0.1, 0.15) is 0 Å². The first-order valence-electron chi connectivity index (χ1n) is 7.61. The van der Waals surface area contributed by atoms with Crippen molar-refractivity contribution in [3.63, 3.8) is 0 Å². The van der Waals surface area contributed by atoms with Crippen LogP contribution in [0.15, 0.2) is 60.0 Å². The number of allylic oxidation sites excluding steroid dienone is 2. The molecule has 0 N–H and O–H groups in total. The lowest BCUT2D eigenvalue weighted by Gasteiger charge is -2.23.